The summed E-state index contributed by atoms with van der Waals surface area (Å²) in [7, 11) is 2.72. The Bertz CT molecular complexity index is 827. The highest BCUT2D eigenvalue weighted by Gasteiger charge is 2.20. The fourth-order valence-corrected chi connectivity index (χ4v) is 2.01. The topological polar surface area (TPSA) is 129 Å². The number of rotatable bonds is 7. The van der Waals surface area contributed by atoms with E-state index in [2.05, 4.69) is 20.7 Å². The van der Waals surface area contributed by atoms with Crippen LogP contribution in [0.4, 0.5) is 10.1 Å². The van der Waals surface area contributed by atoms with E-state index in [9.17, 15) is 19.3 Å². The molecule has 2 aromatic heterocycles. The number of halogens is 1. The fraction of sp³-hybridized carbons (Fsp3) is 0.385. The second kappa shape index (κ2) is 7.51. The maximum Gasteiger partial charge on any atom is 0.350 e. The molecule has 134 valence electrons. The van der Waals surface area contributed by atoms with E-state index in [1.165, 1.54) is 25.0 Å². The number of hydrogen-bond donors (Lipinski definition) is 1. The third-order valence-corrected chi connectivity index (χ3v) is 3.25. The molecule has 2 rings (SSSR count). The third-order valence-electron chi connectivity index (χ3n) is 3.25. The van der Waals surface area contributed by atoms with Gasteiger partial charge in [0, 0.05) is 13.5 Å². The van der Waals surface area contributed by atoms with Crippen molar-refractivity contribution in [1.82, 2.24) is 25.0 Å². The molecule has 2 heterocycles. The van der Waals surface area contributed by atoms with Crippen molar-refractivity contribution in [3.63, 3.8) is 0 Å². The summed E-state index contributed by atoms with van der Waals surface area (Å²) < 4.78 is 20.8. The van der Waals surface area contributed by atoms with Crippen LogP contribution in [0.3, 0.4) is 0 Å². The molecular weight excluding hydrogens is 337 g/mol. The van der Waals surface area contributed by atoms with E-state index in [0.717, 1.165) is 10.9 Å². The maximum atomic E-state index is 13.7. The van der Waals surface area contributed by atoms with E-state index in [0.29, 0.717) is 5.69 Å². The van der Waals surface area contributed by atoms with Crippen LogP contribution in [-0.2, 0) is 18.4 Å². The molecule has 0 radical (unpaired) electrons. The Labute approximate surface area is 141 Å². The summed E-state index contributed by atoms with van der Waals surface area (Å²) in [6.07, 6.45) is 2.30. The number of nitrogens with zero attached hydrogens (tertiary/aromatic N) is 6. The molecule has 1 N–H and O–H groups in total. The van der Waals surface area contributed by atoms with Gasteiger partial charge in [0.05, 0.1) is 36.0 Å². The van der Waals surface area contributed by atoms with Crippen molar-refractivity contribution >= 4 is 17.8 Å². The van der Waals surface area contributed by atoms with Crippen LogP contribution in [0.2, 0.25) is 0 Å². The Kier molecular flexibility index (Phi) is 5.41. The van der Waals surface area contributed by atoms with Gasteiger partial charge in [-0.25, -0.2) is 10.1 Å². The maximum absolute atomic E-state index is 13.7. The minimum absolute atomic E-state index is 0.0339. The first-order valence-corrected chi connectivity index (χ1v) is 7.10. The van der Waals surface area contributed by atoms with Gasteiger partial charge >= 0.3 is 11.6 Å². The Morgan fingerprint density at radius 3 is 2.80 bits per heavy atom. The van der Waals surface area contributed by atoms with Crippen molar-refractivity contribution in [2.24, 2.45) is 12.1 Å². The van der Waals surface area contributed by atoms with Crippen molar-refractivity contribution in [3.8, 4) is 5.88 Å². The molecule has 0 spiro atoms. The Balaban J connectivity index is 1.91. The molecule has 0 unspecified atom stereocenters. The first-order chi connectivity index (χ1) is 11.8. The average Bonchev–Trinajstić information content (AvgIpc) is 3.09. The van der Waals surface area contributed by atoms with E-state index in [1.54, 1.807) is 6.92 Å². The number of amides is 1. The van der Waals surface area contributed by atoms with Crippen LogP contribution in [0.25, 0.3) is 0 Å². The highest BCUT2D eigenvalue weighted by molar-refractivity contribution is 5.83. The van der Waals surface area contributed by atoms with Gasteiger partial charge in [0.2, 0.25) is 11.9 Å². The van der Waals surface area contributed by atoms with Gasteiger partial charge in [0.25, 0.3) is 0 Å². The molecule has 0 bridgehead atoms. The van der Waals surface area contributed by atoms with Gasteiger partial charge in [-0.05, 0) is 6.92 Å². The zero-order valence-corrected chi connectivity index (χ0v) is 13.8. The Morgan fingerprint density at radius 2 is 2.28 bits per heavy atom. The molecule has 0 aliphatic rings. The van der Waals surface area contributed by atoms with Gasteiger partial charge in [-0.15, -0.1) is 5.10 Å². The molecule has 2 aromatic rings. The second-order valence-corrected chi connectivity index (χ2v) is 5.00. The van der Waals surface area contributed by atoms with Crippen molar-refractivity contribution in [2.45, 2.75) is 19.9 Å². The molecule has 25 heavy (non-hydrogen) atoms. The molecule has 0 saturated heterocycles. The lowest BCUT2D eigenvalue weighted by Crippen LogP contribution is -2.19. The van der Waals surface area contributed by atoms with Crippen molar-refractivity contribution < 1.29 is 18.8 Å². The highest BCUT2D eigenvalue weighted by atomic mass is 19.1. The zero-order valence-electron chi connectivity index (χ0n) is 13.8. The number of hydrazone groups is 1. The zero-order chi connectivity index (χ0) is 18.6. The van der Waals surface area contributed by atoms with E-state index < -0.39 is 16.8 Å². The summed E-state index contributed by atoms with van der Waals surface area (Å²) in [5, 5.41) is 22.2. The molecule has 0 aliphatic carbocycles. The normalized spacial score (nSPS) is 11.0. The van der Waals surface area contributed by atoms with Gasteiger partial charge < -0.3 is 4.74 Å². The lowest BCUT2D eigenvalue weighted by molar-refractivity contribution is -0.385. The monoisotopic (exact) mass is 353 g/mol. The summed E-state index contributed by atoms with van der Waals surface area (Å²) in [6.45, 7) is 1.70. The third kappa shape index (κ3) is 4.16. The number of aromatic nitrogens is 4. The Morgan fingerprint density at radius 1 is 1.56 bits per heavy atom. The number of carbonyl (C=O) groups is 1. The largest absolute Gasteiger partial charge is 0.475 e. The Hall–Kier alpha value is -3.31. The van der Waals surface area contributed by atoms with Crippen molar-refractivity contribution in [3.05, 3.63) is 33.5 Å². The molecule has 12 heteroatoms. The van der Waals surface area contributed by atoms with Crippen LogP contribution in [0.1, 0.15) is 17.7 Å². The number of carbonyl (C=O) groups excluding carboxylic acids is 1. The van der Waals surface area contributed by atoms with Crippen LogP contribution in [-0.4, -0.2) is 43.7 Å². The van der Waals surface area contributed by atoms with Crippen LogP contribution < -0.4 is 10.2 Å². The summed E-state index contributed by atoms with van der Waals surface area (Å²) in [5.41, 5.74) is 2.57. The first kappa shape index (κ1) is 18.0. The molecule has 0 saturated carbocycles. The summed E-state index contributed by atoms with van der Waals surface area (Å²) in [5.74, 6) is -1.16. The van der Waals surface area contributed by atoms with Gasteiger partial charge in [-0.3, -0.25) is 19.6 Å². The van der Waals surface area contributed by atoms with Crippen LogP contribution in [0.5, 0.6) is 5.88 Å². The number of ether oxygens (including phenoxy) is 1. The van der Waals surface area contributed by atoms with E-state index in [1.807, 2.05) is 0 Å². The predicted molar refractivity (Wildman–Crippen MR) is 83.7 cm³/mol. The summed E-state index contributed by atoms with van der Waals surface area (Å²) in [6, 6.07) is 0. The second-order valence-electron chi connectivity index (χ2n) is 5.00. The van der Waals surface area contributed by atoms with Crippen molar-refractivity contribution in [1.29, 1.82) is 0 Å². The molecule has 0 fully saturated rings. The lowest BCUT2D eigenvalue weighted by atomic mass is 10.3. The van der Waals surface area contributed by atoms with Gasteiger partial charge in [-0.1, -0.05) is 0 Å². The van der Waals surface area contributed by atoms with Gasteiger partial charge in [0.1, 0.15) is 6.20 Å². The minimum atomic E-state index is -0.628. The molecule has 1 amide bonds. The van der Waals surface area contributed by atoms with Crippen molar-refractivity contribution in [2.75, 3.05) is 7.11 Å². The number of nitrogens with one attached hydrogen (secondary N) is 1. The molecular formula is C13H16FN7O4. The molecule has 11 nitrogen and oxygen atoms in total. The number of methoxy groups -OCH3 is 1. The lowest BCUT2D eigenvalue weighted by Gasteiger charge is -2.00. The smallest absolute Gasteiger partial charge is 0.350 e. The van der Waals surface area contributed by atoms with Gasteiger partial charge in [-0.2, -0.15) is 14.6 Å². The van der Waals surface area contributed by atoms with E-state index >= 15 is 0 Å². The van der Waals surface area contributed by atoms with Crippen LogP contribution in [0, 0.1) is 23.0 Å². The molecule has 0 aliphatic heterocycles. The SMILES string of the molecule is COc1nn(CCC(=O)N/N=C\c2c(C)nn(C)c2F)cc1[N+](=O)[O-]. The first-order valence-electron chi connectivity index (χ1n) is 7.10. The summed E-state index contributed by atoms with van der Waals surface area (Å²) in [4.78, 5) is 21.9. The van der Waals surface area contributed by atoms with E-state index in [-0.39, 0.29) is 30.1 Å². The summed E-state index contributed by atoms with van der Waals surface area (Å²) >= 11 is 0. The molecule has 0 aromatic carbocycles. The standard InChI is InChI=1S/C13H16FN7O4/c1-8-9(12(14)19(2)17-8)6-15-16-11(22)4-5-20-7-10(21(23)24)13(18-20)25-3/h6-7H,4-5H2,1-3H3,(H,16,22)/b15-6-. The van der Waals surface area contributed by atoms with Crippen LogP contribution >= 0.6 is 0 Å². The average molecular weight is 353 g/mol. The predicted octanol–water partition coefficient (Wildman–Crippen LogP) is 0.521. The number of hydrogen-bond acceptors (Lipinski definition) is 7. The van der Waals surface area contributed by atoms with Crippen LogP contribution in [0.15, 0.2) is 11.3 Å². The minimum Gasteiger partial charge on any atom is -0.475 e. The quantitative estimate of drug-likeness (QED) is 0.439. The highest BCUT2D eigenvalue weighted by Crippen LogP contribution is 2.23. The molecule has 0 atom stereocenters. The number of nitro groups is 1. The number of aryl methyl sites for hydroxylation is 3. The van der Waals surface area contributed by atoms with E-state index in [4.69, 9.17) is 4.74 Å². The van der Waals surface area contributed by atoms with Gasteiger partial charge in [0.15, 0.2) is 0 Å². The fourth-order valence-electron chi connectivity index (χ4n) is 2.01.